The van der Waals surface area contributed by atoms with Crippen molar-refractivity contribution < 1.29 is 10.9 Å². The first-order valence-corrected chi connectivity index (χ1v) is 4.80. The summed E-state index contributed by atoms with van der Waals surface area (Å²) in [6, 6.07) is 9.57. The third-order valence-corrected chi connectivity index (χ3v) is 2.00. The van der Waals surface area contributed by atoms with Crippen LogP contribution in [0.15, 0.2) is 30.3 Å². The molecule has 1 rings (SSSR count). The molecule has 0 spiro atoms. The molecule has 0 bridgehead atoms. The molecule has 0 aromatic heterocycles. The zero-order valence-electron chi connectivity index (χ0n) is 9.57. The quantitative estimate of drug-likeness (QED) is 0.687. The summed E-state index contributed by atoms with van der Waals surface area (Å²) in [4.78, 5) is 11.3. The molecule has 0 fully saturated rings. The van der Waals surface area contributed by atoms with Crippen molar-refractivity contribution in [2.24, 2.45) is 0 Å². The van der Waals surface area contributed by atoms with Crippen LogP contribution in [0.25, 0.3) is 0 Å². The SMILES string of the molecule is [2H]C(C(=O)OCC)[C@@H](C)c1ccccc1. The van der Waals surface area contributed by atoms with Gasteiger partial charge in [-0.05, 0) is 18.4 Å². The van der Waals surface area contributed by atoms with Gasteiger partial charge in [-0.2, -0.15) is 0 Å². The molecule has 2 heteroatoms. The summed E-state index contributed by atoms with van der Waals surface area (Å²) in [6.07, 6.45) is -0.840. The second-order valence-corrected chi connectivity index (χ2v) is 3.12. The van der Waals surface area contributed by atoms with Crippen LogP contribution in [0.2, 0.25) is 0 Å². The van der Waals surface area contributed by atoms with Crippen molar-refractivity contribution in [2.45, 2.75) is 26.2 Å². The molecule has 0 aliphatic heterocycles. The fourth-order valence-electron chi connectivity index (χ4n) is 1.25. The van der Waals surface area contributed by atoms with Crippen molar-refractivity contribution >= 4 is 5.97 Å². The van der Waals surface area contributed by atoms with Gasteiger partial charge in [-0.15, -0.1) is 0 Å². The average molecular weight is 193 g/mol. The molecule has 14 heavy (non-hydrogen) atoms. The Labute approximate surface area is 86.3 Å². The average Bonchev–Trinajstić information content (AvgIpc) is 2.28. The van der Waals surface area contributed by atoms with E-state index in [-0.39, 0.29) is 5.92 Å². The van der Waals surface area contributed by atoms with Crippen LogP contribution in [-0.2, 0) is 9.53 Å². The summed E-state index contributed by atoms with van der Waals surface area (Å²) in [6.45, 7) is 3.94. The Hall–Kier alpha value is -1.31. The maximum Gasteiger partial charge on any atom is 0.306 e. The zero-order valence-corrected chi connectivity index (χ0v) is 8.57. The molecule has 0 saturated heterocycles. The lowest BCUT2D eigenvalue weighted by atomic mass is 9.98. The number of benzene rings is 1. The summed E-state index contributed by atoms with van der Waals surface area (Å²) in [5.41, 5.74) is 0.991. The topological polar surface area (TPSA) is 26.3 Å². The van der Waals surface area contributed by atoms with Crippen LogP contribution < -0.4 is 0 Å². The molecule has 76 valence electrons. The fraction of sp³-hybridized carbons (Fsp3) is 0.417. The predicted molar refractivity (Wildman–Crippen MR) is 56.1 cm³/mol. The van der Waals surface area contributed by atoms with E-state index in [1.165, 1.54) is 0 Å². The summed E-state index contributed by atoms with van der Waals surface area (Å²) in [5.74, 6) is -0.584. The Bertz CT molecular complexity index is 311. The highest BCUT2D eigenvalue weighted by Gasteiger charge is 2.10. The zero-order chi connectivity index (χ0) is 11.3. The summed E-state index contributed by atoms with van der Waals surface area (Å²) in [5, 5.41) is 0. The number of hydrogen-bond acceptors (Lipinski definition) is 2. The van der Waals surface area contributed by atoms with Crippen LogP contribution in [0, 0.1) is 0 Å². The van der Waals surface area contributed by atoms with Crippen LogP contribution in [0.1, 0.15) is 33.1 Å². The standard InChI is InChI=1S/C12H16O2/c1-3-14-12(13)9-10(2)11-7-5-4-6-8-11/h4-8,10H,3,9H2,1-2H3/t10-/m1/s1/i9D/t9?,10-. The van der Waals surface area contributed by atoms with E-state index < -0.39 is 12.4 Å². The normalized spacial score (nSPS) is 15.4. The number of carbonyl (C=O) groups excluding carboxylic acids is 1. The maximum atomic E-state index is 11.3. The van der Waals surface area contributed by atoms with Crippen molar-refractivity contribution in [2.75, 3.05) is 6.61 Å². The van der Waals surface area contributed by atoms with Crippen molar-refractivity contribution in [3.63, 3.8) is 0 Å². The van der Waals surface area contributed by atoms with Gasteiger partial charge in [0.2, 0.25) is 0 Å². The van der Waals surface area contributed by atoms with E-state index >= 15 is 0 Å². The number of ether oxygens (including phenoxy) is 1. The van der Waals surface area contributed by atoms with Gasteiger partial charge in [-0.25, -0.2) is 0 Å². The minimum Gasteiger partial charge on any atom is -0.466 e. The van der Waals surface area contributed by atoms with E-state index in [1.54, 1.807) is 6.92 Å². The highest BCUT2D eigenvalue weighted by Crippen LogP contribution is 2.18. The van der Waals surface area contributed by atoms with Crippen molar-refractivity contribution in [3.05, 3.63) is 35.9 Å². The molecule has 2 atom stereocenters. The first-order valence-electron chi connectivity index (χ1n) is 5.38. The molecule has 0 heterocycles. The minimum atomic E-state index is -0.840. The first kappa shape index (κ1) is 9.25. The molecule has 1 unspecified atom stereocenters. The third kappa shape index (κ3) is 3.21. The molecule has 0 amide bonds. The largest absolute Gasteiger partial charge is 0.466 e. The lowest BCUT2D eigenvalue weighted by Crippen LogP contribution is -2.08. The maximum absolute atomic E-state index is 11.3. The van der Waals surface area contributed by atoms with Gasteiger partial charge in [0.15, 0.2) is 0 Å². The predicted octanol–water partition coefficient (Wildman–Crippen LogP) is 2.74. The highest BCUT2D eigenvalue weighted by molar-refractivity contribution is 5.70. The van der Waals surface area contributed by atoms with Crippen LogP contribution in [-0.4, -0.2) is 12.6 Å². The Balaban J connectivity index is 2.68. The number of hydrogen-bond donors (Lipinski definition) is 0. The van der Waals surface area contributed by atoms with Gasteiger partial charge in [-0.3, -0.25) is 4.79 Å². The van der Waals surface area contributed by atoms with Gasteiger partial charge in [-0.1, -0.05) is 37.3 Å². The molecular formula is C12H16O2. The van der Waals surface area contributed by atoms with E-state index in [2.05, 4.69) is 0 Å². The molecule has 0 radical (unpaired) electrons. The number of rotatable bonds is 4. The Morgan fingerprint density at radius 2 is 2.14 bits per heavy atom. The van der Waals surface area contributed by atoms with Gasteiger partial charge in [0.05, 0.1) is 13.0 Å². The van der Waals surface area contributed by atoms with E-state index in [0.29, 0.717) is 6.61 Å². The van der Waals surface area contributed by atoms with Crippen LogP contribution in [0.3, 0.4) is 0 Å². The van der Waals surface area contributed by atoms with E-state index in [4.69, 9.17) is 6.11 Å². The lowest BCUT2D eigenvalue weighted by Gasteiger charge is -2.10. The van der Waals surface area contributed by atoms with Gasteiger partial charge in [0.1, 0.15) is 0 Å². The number of carbonyl (C=O) groups is 1. The molecule has 0 aliphatic carbocycles. The van der Waals surface area contributed by atoms with Crippen LogP contribution in [0.4, 0.5) is 0 Å². The Kier molecular flexibility index (Phi) is 3.59. The van der Waals surface area contributed by atoms with Crippen molar-refractivity contribution in [1.82, 2.24) is 0 Å². The Morgan fingerprint density at radius 3 is 2.71 bits per heavy atom. The van der Waals surface area contributed by atoms with Gasteiger partial charge in [0.25, 0.3) is 0 Å². The monoisotopic (exact) mass is 193 g/mol. The molecule has 0 saturated carbocycles. The molecule has 2 nitrogen and oxygen atoms in total. The van der Waals surface area contributed by atoms with Crippen LogP contribution in [0.5, 0.6) is 0 Å². The van der Waals surface area contributed by atoms with E-state index in [9.17, 15) is 4.79 Å². The van der Waals surface area contributed by atoms with Gasteiger partial charge in [0, 0.05) is 1.37 Å². The lowest BCUT2D eigenvalue weighted by molar-refractivity contribution is -0.143. The summed E-state index contributed by atoms with van der Waals surface area (Å²) in [7, 11) is 0. The molecule has 0 N–H and O–H groups in total. The molecule has 1 aromatic rings. The molecule has 1 aromatic carbocycles. The first-order chi connectivity index (χ1) is 7.16. The summed E-state index contributed by atoms with van der Waals surface area (Å²) >= 11 is 0. The van der Waals surface area contributed by atoms with E-state index in [1.807, 2.05) is 37.3 Å². The van der Waals surface area contributed by atoms with Crippen molar-refractivity contribution in [1.29, 1.82) is 0 Å². The number of esters is 1. The second-order valence-electron chi connectivity index (χ2n) is 3.12. The highest BCUT2D eigenvalue weighted by atomic mass is 16.5. The van der Waals surface area contributed by atoms with Crippen molar-refractivity contribution in [3.8, 4) is 0 Å². The van der Waals surface area contributed by atoms with E-state index in [0.717, 1.165) is 5.56 Å². The smallest absolute Gasteiger partial charge is 0.306 e. The van der Waals surface area contributed by atoms with Gasteiger partial charge >= 0.3 is 5.97 Å². The third-order valence-electron chi connectivity index (χ3n) is 2.00. The minimum absolute atomic E-state index is 0.134. The summed E-state index contributed by atoms with van der Waals surface area (Å²) < 4.78 is 12.6. The molecule has 0 aliphatic rings. The second kappa shape index (κ2) is 5.43. The van der Waals surface area contributed by atoms with Crippen LogP contribution >= 0.6 is 0 Å². The molecular weight excluding hydrogens is 176 g/mol. The fourth-order valence-corrected chi connectivity index (χ4v) is 1.25. The Morgan fingerprint density at radius 1 is 1.50 bits per heavy atom. The van der Waals surface area contributed by atoms with Gasteiger partial charge < -0.3 is 4.74 Å².